The van der Waals surface area contributed by atoms with E-state index in [1.165, 1.54) is 0 Å². The molecule has 1 aromatic carbocycles. The molecule has 0 radical (unpaired) electrons. The van der Waals surface area contributed by atoms with Crippen molar-refractivity contribution in [2.45, 2.75) is 32.9 Å². The highest BCUT2D eigenvalue weighted by Gasteiger charge is 2.21. The van der Waals surface area contributed by atoms with Gasteiger partial charge in [0.25, 0.3) is 0 Å². The molecule has 0 aliphatic rings. The van der Waals surface area contributed by atoms with E-state index in [4.69, 9.17) is 11.6 Å². The molecule has 0 aliphatic carbocycles. The van der Waals surface area contributed by atoms with E-state index in [-0.39, 0.29) is 0 Å². The van der Waals surface area contributed by atoms with Gasteiger partial charge in [0.1, 0.15) is 0 Å². The zero-order valence-electron chi connectivity index (χ0n) is 11.7. The Morgan fingerprint density at radius 2 is 1.95 bits per heavy atom. The molecule has 6 heteroatoms. The third-order valence-corrected chi connectivity index (χ3v) is 3.92. The van der Waals surface area contributed by atoms with Gasteiger partial charge in [-0.05, 0) is 38.0 Å². The fraction of sp³-hybridized carbons (Fsp3) is 0.538. The van der Waals surface area contributed by atoms with Crippen molar-refractivity contribution >= 4 is 21.6 Å². The van der Waals surface area contributed by atoms with Crippen molar-refractivity contribution < 1.29 is 8.42 Å². The Morgan fingerprint density at radius 3 is 2.47 bits per heavy atom. The zero-order valence-corrected chi connectivity index (χ0v) is 13.3. The third-order valence-electron chi connectivity index (χ3n) is 2.59. The van der Waals surface area contributed by atoms with Crippen LogP contribution < -0.4 is 10.0 Å². The molecule has 0 bridgehead atoms. The van der Waals surface area contributed by atoms with Crippen LogP contribution in [0.1, 0.15) is 25.0 Å². The van der Waals surface area contributed by atoms with Gasteiger partial charge in [-0.3, -0.25) is 0 Å². The maximum Gasteiger partial charge on any atom is 0.209 e. The monoisotopic (exact) mass is 304 g/mol. The maximum atomic E-state index is 11.2. The Kier molecular flexibility index (Phi) is 5.38. The van der Waals surface area contributed by atoms with Crippen molar-refractivity contribution in [3.05, 3.63) is 34.3 Å². The quantitative estimate of drug-likeness (QED) is 0.846. The summed E-state index contributed by atoms with van der Waals surface area (Å²) in [6, 6.07) is 5.89. The van der Waals surface area contributed by atoms with E-state index in [9.17, 15) is 8.42 Å². The fourth-order valence-corrected chi connectivity index (χ4v) is 3.08. The minimum atomic E-state index is -3.20. The first-order valence-corrected chi connectivity index (χ1v) is 8.31. The van der Waals surface area contributed by atoms with E-state index >= 15 is 0 Å². The van der Waals surface area contributed by atoms with Crippen LogP contribution in [0.3, 0.4) is 0 Å². The molecule has 0 amide bonds. The highest BCUT2D eigenvalue weighted by molar-refractivity contribution is 7.88. The molecule has 4 nitrogen and oxygen atoms in total. The minimum Gasteiger partial charge on any atom is -0.311 e. The van der Waals surface area contributed by atoms with Crippen LogP contribution in [0.4, 0.5) is 0 Å². The standard InChI is InChI=1S/C13H21ClN2O2S/c1-10-5-6-11(7-12(10)14)8-15-9-13(2,3)16-19(4,17)18/h5-7,15-16H,8-9H2,1-4H3. The molecule has 1 aromatic rings. The van der Waals surface area contributed by atoms with Crippen molar-refractivity contribution in [2.75, 3.05) is 12.8 Å². The van der Waals surface area contributed by atoms with Crippen molar-refractivity contribution in [2.24, 2.45) is 0 Å². The van der Waals surface area contributed by atoms with E-state index in [1.807, 2.05) is 39.0 Å². The summed E-state index contributed by atoms with van der Waals surface area (Å²) in [6.07, 6.45) is 1.16. The number of sulfonamides is 1. The highest BCUT2D eigenvalue weighted by atomic mass is 35.5. The average Bonchev–Trinajstić information content (AvgIpc) is 2.19. The molecule has 0 atom stereocenters. The summed E-state index contributed by atoms with van der Waals surface area (Å²) in [7, 11) is -3.20. The largest absolute Gasteiger partial charge is 0.311 e. The lowest BCUT2D eigenvalue weighted by Gasteiger charge is -2.25. The Bertz CT molecular complexity index is 542. The summed E-state index contributed by atoms with van der Waals surface area (Å²) in [4.78, 5) is 0. The van der Waals surface area contributed by atoms with Gasteiger partial charge >= 0.3 is 0 Å². The van der Waals surface area contributed by atoms with Gasteiger partial charge < -0.3 is 5.32 Å². The van der Waals surface area contributed by atoms with Crippen molar-refractivity contribution in [1.82, 2.24) is 10.0 Å². The predicted octanol–water partition coefficient (Wildman–Crippen LogP) is 2.07. The van der Waals surface area contributed by atoms with Gasteiger partial charge in [0.15, 0.2) is 0 Å². The number of rotatable bonds is 6. The zero-order chi connectivity index (χ0) is 14.7. The van der Waals surface area contributed by atoms with Crippen LogP contribution in [0, 0.1) is 6.92 Å². The molecule has 0 heterocycles. The Labute approximate surface area is 120 Å². The van der Waals surface area contributed by atoms with Crippen LogP contribution in [0.2, 0.25) is 5.02 Å². The van der Waals surface area contributed by atoms with Crippen LogP contribution >= 0.6 is 11.6 Å². The summed E-state index contributed by atoms with van der Waals surface area (Å²) in [5, 5.41) is 3.97. The predicted molar refractivity (Wildman–Crippen MR) is 80.0 cm³/mol. The normalized spacial score (nSPS) is 12.7. The molecule has 1 rings (SSSR count). The first-order valence-electron chi connectivity index (χ1n) is 6.04. The highest BCUT2D eigenvalue weighted by Crippen LogP contribution is 2.16. The summed E-state index contributed by atoms with van der Waals surface area (Å²) >= 11 is 6.05. The molecular weight excluding hydrogens is 284 g/mol. The van der Waals surface area contributed by atoms with Gasteiger partial charge in [0.2, 0.25) is 10.0 Å². The lowest BCUT2D eigenvalue weighted by Crippen LogP contribution is -2.49. The second-order valence-electron chi connectivity index (χ2n) is 5.45. The van der Waals surface area contributed by atoms with Crippen LogP contribution in [0.25, 0.3) is 0 Å². The van der Waals surface area contributed by atoms with Gasteiger partial charge in [-0.15, -0.1) is 0 Å². The van der Waals surface area contributed by atoms with E-state index in [1.54, 1.807) is 0 Å². The molecule has 0 aliphatic heterocycles. The second-order valence-corrected chi connectivity index (χ2v) is 7.60. The molecule has 0 spiro atoms. The van der Waals surface area contributed by atoms with Crippen LogP contribution in [-0.4, -0.2) is 26.8 Å². The first-order chi connectivity index (χ1) is 8.59. The topological polar surface area (TPSA) is 58.2 Å². The van der Waals surface area contributed by atoms with Gasteiger partial charge in [-0.2, -0.15) is 0 Å². The van der Waals surface area contributed by atoms with Crippen LogP contribution in [0.5, 0.6) is 0 Å². The second kappa shape index (κ2) is 6.22. The summed E-state index contributed by atoms with van der Waals surface area (Å²) in [5.41, 5.74) is 1.59. The summed E-state index contributed by atoms with van der Waals surface area (Å²) in [6.45, 7) is 6.81. The van der Waals surface area contributed by atoms with Crippen LogP contribution in [-0.2, 0) is 16.6 Å². The van der Waals surface area contributed by atoms with Crippen molar-refractivity contribution in [1.29, 1.82) is 0 Å². The summed E-state index contributed by atoms with van der Waals surface area (Å²) in [5.74, 6) is 0. The molecule has 0 fully saturated rings. The van der Waals surface area contributed by atoms with Gasteiger partial charge in [0.05, 0.1) is 6.26 Å². The van der Waals surface area contributed by atoms with Crippen molar-refractivity contribution in [3.63, 3.8) is 0 Å². The number of hydrogen-bond donors (Lipinski definition) is 2. The molecule has 0 saturated carbocycles. The third kappa shape index (κ3) is 6.38. The molecule has 19 heavy (non-hydrogen) atoms. The number of halogens is 1. The SMILES string of the molecule is Cc1ccc(CNCC(C)(C)NS(C)(=O)=O)cc1Cl. The van der Waals surface area contributed by atoms with Crippen LogP contribution in [0.15, 0.2) is 18.2 Å². The van der Waals surface area contributed by atoms with E-state index in [0.29, 0.717) is 13.1 Å². The van der Waals surface area contributed by atoms with E-state index < -0.39 is 15.6 Å². The molecule has 0 saturated heterocycles. The number of benzene rings is 1. The number of nitrogens with one attached hydrogen (secondary N) is 2. The van der Waals surface area contributed by atoms with E-state index in [2.05, 4.69) is 10.0 Å². The molecule has 108 valence electrons. The number of aryl methyl sites for hydroxylation is 1. The lowest BCUT2D eigenvalue weighted by molar-refractivity contribution is 0.421. The lowest BCUT2D eigenvalue weighted by atomic mass is 10.1. The molecule has 0 aromatic heterocycles. The van der Waals surface area contributed by atoms with Gasteiger partial charge in [0, 0.05) is 23.7 Å². The summed E-state index contributed by atoms with van der Waals surface area (Å²) < 4.78 is 25.0. The molecular formula is C13H21ClN2O2S. The average molecular weight is 305 g/mol. The fourth-order valence-electron chi connectivity index (χ4n) is 1.80. The number of hydrogen-bond acceptors (Lipinski definition) is 3. The van der Waals surface area contributed by atoms with Crippen molar-refractivity contribution in [3.8, 4) is 0 Å². The minimum absolute atomic E-state index is 0.526. The molecule has 0 unspecified atom stereocenters. The van der Waals surface area contributed by atoms with E-state index in [0.717, 1.165) is 22.4 Å². The molecule has 2 N–H and O–H groups in total. The Hall–Kier alpha value is -0.620. The van der Waals surface area contributed by atoms with Gasteiger partial charge in [-0.1, -0.05) is 23.7 Å². The Morgan fingerprint density at radius 1 is 1.32 bits per heavy atom. The van der Waals surface area contributed by atoms with Gasteiger partial charge in [-0.25, -0.2) is 13.1 Å². The first kappa shape index (κ1) is 16.4. The maximum absolute atomic E-state index is 11.2. The Balaban J connectivity index is 2.51. The smallest absolute Gasteiger partial charge is 0.209 e.